The van der Waals surface area contributed by atoms with Crippen molar-refractivity contribution in [3.05, 3.63) is 54.3 Å². The molecule has 0 aliphatic rings. The van der Waals surface area contributed by atoms with Gasteiger partial charge in [-0.25, -0.2) is 4.39 Å². The fourth-order valence-corrected chi connectivity index (χ4v) is 1.84. The highest BCUT2D eigenvalue weighted by molar-refractivity contribution is 5.94. The Hall–Kier alpha value is -2.56. The third-order valence-corrected chi connectivity index (χ3v) is 2.93. The fraction of sp³-hybridized carbons (Fsp3) is 0.188. The summed E-state index contributed by atoms with van der Waals surface area (Å²) in [6.07, 6.45) is -0.238. The molecule has 0 saturated heterocycles. The topological polar surface area (TPSA) is 64.3 Å². The normalized spacial score (nSPS) is 11.7. The minimum Gasteiger partial charge on any atom is -0.481 e. The summed E-state index contributed by atoms with van der Waals surface area (Å²) in [4.78, 5) is 12.2. The average molecular weight is 288 g/mol. The molecule has 1 amide bonds. The van der Waals surface area contributed by atoms with Crippen LogP contribution in [0.3, 0.4) is 0 Å². The third-order valence-electron chi connectivity index (χ3n) is 2.93. The number of hydrogen-bond donors (Lipinski definition) is 2. The largest absolute Gasteiger partial charge is 0.481 e. The van der Waals surface area contributed by atoms with Gasteiger partial charge >= 0.3 is 0 Å². The molecule has 0 fully saturated rings. The van der Waals surface area contributed by atoms with Crippen molar-refractivity contribution in [2.75, 3.05) is 11.1 Å². The van der Waals surface area contributed by atoms with Crippen molar-refractivity contribution in [2.24, 2.45) is 0 Å². The molecule has 5 heteroatoms. The van der Waals surface area contributed by atoms with Crippen LogP contribution in [-0.2, 0) is 4.79 Å². The predicted molar refractivity (Wildman–Crippen MR) is 80.6 cm³/mol. The number of nitrogens with two attached hydrogens (primary N) is 1. The molecule has 1 atom stereocenters. The number of ether oxygens (including phenoxy) is 1. The zero-order valence-corrected chi connectivity index (χ0v) is 11.7. The number of amides is 1. The molecule has 21 heavy (non-hydrogen) atoms. The number of carbonyl (C=O) groups is 1. The number of rotatable bonds is 5. The lowest BCUT2D eigenvalue weighted by Crippen LogP contribution is -2.32. The Labute approximate surface area is 122 Å². The Morgan fingerprint density at radius 3 is 2.67 bits per heavy atom. The first-order valence-corrected chi connectivity index (χ1v) is 6.67. The molecule has 0 radical (unpaired) electrons. The average Bonchev–Trinajstić information content (AvgIpc) is 2.49. The molecule has 0 bridgehead atoms. The number of benzene rings is 2. The molecule has 0 aliphatic heterocycles. The van der Waals surface area contributed by atoms with E-state index in [2.05, 4.69) is 5.32 Å². The van der Waals surface area contributed by atoms with Crippen molar-refractivity contribution < 1.29 is 13.9 Å². The van der Waals surface area contributed by atoms with Gasteiger partial charge in [-0.15, -0.1) is 0 Å². The maximum Gasteiger partial charge on any atom is 0.265 e. The molecule has 2 rings (SSSR count). The monoisotopic (exact) mass is 288 g/mol. The Balaban J connectivity index is 2.08. The van der Waals surface area contributed by atoms with Crippen molar-refractivity contribution >= 4 is 17.3 Å². The van der Waals surface area contributed by atoms with Crippen LogP contribution in [0.5, 0.6) is 5.75 Å². The number of carbonyl (C=O) groups excluding carboxylic acids is 1. The summed E-state index contributed by atoms with van der Waals surface area (Å²) in [6.45, 7) is 1.82. The Bertz CT molecular complexity index is 617. The van der Waals surface area contributed by atoms with E-state index in [-0.39, 0.29) is 5.69 Å². The summed E-state index contributed by atoms with van der Waals surface area (Å²) in [5, 5.41) is 2.50. The molecule has 110 valence electrons. The van der Waals surface area contributed by atoms with Crippen LogP contribution >= 0.6 is 0 Å². The Morgan fingerprint density at radius 1 is 1.29 bits per heavy atom. The zero-order chi connectivity index (χ0) is 15.2. The first-order valence-electron chi connectivity index (χ1n) is 6.67. The number of para-hydroxylation sites is 1. The van der Waals surface area contributed by atoms with E-state index >= 15 is 0 Å². The van der Waals surface area contributed by atoms with Crippen molar-refractivity contribution in [2.45, 2.75) is 19.4 Å². The SMILES string of the molecule is CC[C@@H](Oc1ccccc1)C(=O)Nc1cc(N)ccc1F. The molecule has 0 aliphatic carbocycles. The number of anilines is 2. The van der Waals surface area contributed by atoms with Crippen molar-refractivity contribution in [3.63, 3.8) is 0 Å². The van der Waals surface area contributed by atoms with Gasteiger partial charge in [0.2, 0.25) is 0 Å². The molecule has 2 aromatic carbocycles. The van der Waals surface area contributed by atoms with Gasteiger partial charge in [0.25, 0.3) is 5.91 Å². The molecule has 2 aromatic rings. The van der Waals surface area contributed by atoms with E-state index in [4.69, 9.17) is 10.5 Å². The lowest BCUT2D eigenvalue weighted by Gasteiger charge is -2.17. The molecule has 0 spiro atoms. The molecule has 0 unspecified atom stereocenters. The number of nitrogen functional groups attached to an aromatic ring is 1. The summed E-state index contributed by atoms with van der Waals surface area (Å²) in [5.74, 6) is -0.356. The Morgan fingerprint density at radius 2 is 2.00 bits per heavy atom. The summed E-state index contributed by atoms with van der Waals surface area (Å²) in [6, 6.07) is 13.0. The molecule has 0 heterocycles. The van der Waals surface area contributed by atoms with E-state index in [1.54, 1.807) is 12.1 Å². The molecular weight excluding hydrogens is 271 g/mol. The summed E-state index contributed by atoms with van der Waals surface area (Å²) in [5.41, 5.74) is 6.02. The van der Waals surface area contributed by atoms with E-state index in [0.717, 1.165) is 0 Å². The van der Waals surface area contributed by atoms with E-state index in [1.165, 1.54) is 18.2 Å². The molecular formula is C16H17FN2O2. The first-order chi connectivity index (χ1) is 10.1. The standard InChI is InChI=1S/C16H17FN2O2/c1-2-15(21-12-6-4-3-5-7-12)16(20)19-14-10-11(18)8-9-13(14)17/h3-10,15H,2,18H2,1H3,(H,19,20)/t15-/m1/s1. The van der Waals surface area contributed by atoms with Gasteiger partial charge < -0.3 is 15.8 Å². The minimum atomic E-state index is -0.701. The van der Waals surface area contributed by atoms with Crippen LogP contribution in [0.15, 0.2) is 48.5 Å². The first kappa shape index (κ1) is 14.8. The van der Waals surface area contributed by atoms with Crippen LogP contribution in [-0.4, -0.2) is 12.0 Å². The van der Waals surface area contributed by atoms with Crippen LogP contribution in [0.1, 0.15) is 13.3 Å². The van der Waals surface area contributed by atoms with Gasteiger partial charge in [-0.3, -0.25) is 4.79 Å². The summed E-state index contributed by atoms with van der Waals surface area (Å²) >= 11 is 0. The van der Waals surface area contributed by atoms with Crippen LogP contribution in [0.4, 0.5) is 15.8 Å². The van der Waals surface area contributed by atoms with E-state index in [0.29, 0.717) is 17.9 Å². The quantitative estimate of drug-likeness (QED) is 0.830. The second-order valence-corrected chi connectivity index (χ2v) is 4.56. The fourth-order valence-electron chi connectivity index (χ4n) is 1.84. The van der Waals surface area contributed by atoms with Crippen LogP contribution in [0.25, 0.3) is 0 Å². The van der Waals surface area contributed by atoms with E-state index < -0.39 is 17.8 Å². The van der Waals surface area contributed by atoms with Crippen molar-refractivity contribution in [3.8, 4) is 5.75 Å². The maximum atomic E-state index is 13.6. The zero-order valence-electron chi connectivity index (χ0n) is 11.7. The van der Waals surface area contributed by atoms with Gasteiger partial charge in [-0.2, -0.15) is 0 Å². The molecule has 3 N–H and O–H groups in total. The third kappa shape index (κ3) is 3.95. The van der Waals surface area contributed by atoms with Crippen LogP contribution in [0, 0.1) is 5.82 Å². The molecule has 4 nitrogen and oxygen atoms in total. The molecule has 0 aromatic heterocycles. The number of hydrogen-bond acceptors (Lipinski definition) is 3. The minimum absolute atomic E-state index is 0.0510. The van der Waals surface area contributed by atoms with E-state index in [1.807, 2.05) is 25.1 Å². The van der Waals surface area contributed by atoms with Crippen molar-refractivity contribution in [1.82, 2.24) is 0 Å². The Kier molecular flexibility index (Phi) is 4.77. The molecule has 0 saturated carbocycles. The summed E-state index contributed by atoms with van der Waals surface area (Å²) < 4.78 is 19.2. The van der Waals surface area contributed by atoms with Gasteiger partial charge in [-0.05, 0) is 36.8 Å². The number of halogens is 1. The lowest BCUT2D eigenvalue weighted by atomic mass is 10.2. The highest BCUT2D eigenvalue weighted by Gasteiger charge is 2.19. The van der Waals surface area contributed by atoms with Gasteiger partial charge in [0, 0.05) is 5.69 Å². The van der Waals surface area contributed by atoms with Gasteiger partial charge in [-0.1, -0.05) is 25.1 Å². The highest BCUT2D eigenvalue weighted by Crippen LogP contribution is 2.19. The van der Waals surface area contributed by atoms with Gasteiger partial charge in [0.1, 0.15) is 11.6 Å². The van der Waals surface area contributed by atoms with Crippen LogP contribution in [0.2, 0.25) is 0 Å². The van der Waals surface area contributed by atoms with Crippen LogP contribution < -0.4 is 15.8 Å². The second-order valence-electron chi connectivity index (χ2n) is 4.56. The second kappa shape index (κ2) is 6.74. The lowest BCUT2D eigenvalue weighted by molar-refractivity contribution is -0.122. The predicted octanol–water partition coefficient (Wildman–Crippen LogP) is 3.20. The smallest absolute Gasteiger partial charge is 0.265 e. The number of nitrogens with one attached hydrogen (secondary N) is 1. The van der Waals surface area contributed by atoms with Gasteiger partial charge in [0.15, 0.2) is 6.10 Å². The van der Waals surface area contributed by atoms with Crippen molar-refractivity contribution in [1.29, 1.82) is 0 Å². The summed E-state index contributed by atoms with van der Waals surface area (Å²) in [7, 11) is 0. The van der Waals surface area contributed by atoms with E-state index in [9.17, 15) is 9.18 Å². The van der Waals surface area contributed by atoms with Gasteiger partial charge in [0.05, 0.1) is 5.69 Å². The maximum absolute atomic E-state index is 13.6. The highest BCUT2D eigenvalue weighted by atomic mass is 19.1.